The number of rotatable bonds is 5. The van der Waals surface area contributed by atoms with Crippen LogP contribution in [0.5, 0.6) is 0 Å². The van der Waals surface area contributed by atoms with Crippen molar-refractivity contribution in [3.63, 3.8) is 0 Å². The zero-order valence-corrected chi connectivity index (χ0v) is 11.5. The molecule has 0 aromatic heterocycles. The maximum absolute atomic E-state index is 11.8. The quantitative estimate of drug-likeness (QED) is 0.610. The first-order valence-electron chi connectivity index (χ1n) is 5.82. The Kier molecular flexibility index (Phi) is 6.61. The average molecular weight is 264 g/mol. The van der Waals surface area contributed by atoms with Gasteiger partial charge in [-0.2, -0.15) is 0 Å². The van der Waals surface area contributed by atoms with E-state index >= 15 is 0 Å². The summed E-state index contributed by atoms with van der Waals surface area (Å²) in [6.45, 7) is 4.07. The van der Waals surface area contributed by atoms with Crippen LogP contribution in [-0.4, -0.2) is 34.8 Å². The Hall–Kier alpha value is 0.130. The number of carbonyl (C=O) groups excluding carboxylic acids is 1. The van der Waals surface area contributed by atoms with E-state index in [9.17, 15) is 9.90 Å². The highest BCUT2D eigenvalue weighted by atomic mass is 33.1. The molecule has 1 N–H and O–H groups in total. The zero-order chi connectivity index (χ0) is 12.0. The monoisotopic (exact) mass is 264 g/mol. The lowest BCUT2D eigenvalue weighted by atomic mass is 10.0. The predicted molar refractivity (Wildman–Crippen MR) is 69.5 cm³/mol. The van der Waals surface area contributed by atoms with Gasteiger partial charge in [0, 0.05) is 11.5 Å². The second-order valence-electron chi connectivity index (χ2n) is 4.01. The van der Waals surface area contributed by atoms with Crippen molar-refractivity contribution in [2.45, 2.75) is 45.3 Å². The summed E-state index contributed by atoms with van der Waals surface area (Å²) in [4.78, 5) is 11.8. The molecule has 0 bridgehead atoms. The highest BCUT2D eigenvalue weighted by Crippen LogP contribution is 2.31. The fraction of sp³-hybridized carbons (Fsp3) is 0.909. The lowest BCUT2D eigenvalue weighted by molar-refractivity contribution is -0.158. The number of esters is 1. The Balaban J connectivity index is 2.41. The summed E-state index contributed by atoms with van der Waals surface area (Å²) < 4.78 is 5.39. The molecule has 1 fully saturated rings. The number of aliphatic hydroxyl groups is 1. The molecule has 5 heteroatoms. The molecular formula is C11H20O3S2. The van der Waals surface area contributed by atoms with Gasteiger partial charge in [0.1, 0.15) is 12.2 Å². The van der Waals surface area contributed by atoms with Gasteiger partial charge >= 0.3 is 5.97 Å². The molecule has 3 atom stereocenters. The first-order valence-corrected chi connectivity index (χ1v) is 8.30. The smallest absolute Gasteiger partial charge is 0.309 e. The van der Waals surface area contributed by atoms with Crippen LogP contribution in [0.15, 0.2) is 0 Å². The highest BCUT2D eigenvalue weighted by molar-refractivity contribution is 8.76. The topological polar surface area (TPSA) is 46.5 Å². The van der Waals surface area contributed by atoms with Gasteiger partial charge in [-0.15, -0.1) is 0 Å². The van der Waals surface area contributed by atoms with Crippen molar-refractivity contribution in [2.24, 2.45) is 5.92 Å². The van der Waals surface area contributed by atoms with E-state index in [0.29, 0.717) is 11.5 Å². The highest BCUT2D eigenvalue weighted by Gasteiger charge is 2.29. The van der Waals surface area contributed by atoms with Crippen LogP contribution < -0.4 is 0 Å². The van der Waals surface area contributed by atoms with Crippen LogP contribution in [0.4, 0.5) is 0 Å². The van der Waals surface area contributed by atoms with E-state index in [2.05, 4.69) is 6.92 Å². The first-order chi connectivity index (χ1) is 7.69. The molecule has 1 aliphatic rings. The van der Waals surface area contributed by atoms with E-state index in [1.54, 1.807) is 21.6 Å². The SMILES string of the molecule is CCCC(CC)C(=O)O[C@H]1CSSC[C@@H]1O. The van der Waals surface area contributed by atoms with Crippen LogP contribution in [-0.2, 0) is 9.53 Å². The molecule has 3 nitrogen and oxygen atoms in total. The molecule has 1 heterocycles. The van der Waals surface area contributed by atoms with E-state index in [0.717, 1.165) is 19.3 Å². The van der Waals surface area contributed by atoms with Crippen molar-refractivity contribution in [1.29, 1.82) is 0 Å². The van der Waals surface area contributed by atoms with Gasteiger partial charge in [0.05, 0.1) is 5.92 Å². The van der Waals surface area contributed by atoms with Gasteiger partial charge in [-0.3, -0.25) is 4.79 Å². The zero-order valence-electron chi connectivity index (χ0n) is 9.85. The van der Waals surface area contributed by atoms with Crippen LogP contribution in [0, 0.1) is 5.92 Å². The third kappa shape index (κ3) is 4.18. The van der Waals surface area contributed by atoms with Gasteiger partial charge < -0.3 is 9.84 Å². The predicted octanol–water partition coefficient (Wildman–Crippen LogP) is 2.48. The summed E-state index contributed by atoms with van der Waals surface area (Å²) in [7, 11) is 3.29. The third-order valence-electron chi connectivity index (χ3n) is 2.71. The number of aliphatic hydroxyl groups excluding tert-OH is 1. The Morgan fingerprint density at radius 2 is 2.12 bits per heavy atom. The van der Waals surface area contributed by atoms with Crippen LogP contribution in [0.3, 0.4) is 0 Å². The lowest BCUT2D eigenvalue weighted by Gasteiger charge is -2.27. The Morgan fingerprint density at radius 3 is 2.69 bits per heavy atom. The van der Waals surface area contributed by atoms with Gasteiger partial charge in [0.2, 0.25) is 0 Å². The van der Waals surface area contributed by atoms with Crippen molar-refractivity contribution in [3.8, 4) is 0 Å². The minimum Gasteiger partial charge on any atom is -0.458 e. The molecule has 0 saturated carbocycles. The van der Waals surface area contributed by atoms with Crippen LogP contribution >= 0.6 is 21.6 Å². The normalized spacial score (nSPS) is 27.4. The molecule has 0 aromatic carbocycles. The largest absolute Gasteiger partial charge is 0.458 e. The standard InChI is InChI=1S/C11H20O3S2/c1-3-5-8(4-2)11(13)14-10-7-16-15-6-9(10)12/h8-10,12H,3-7H2,1-2H3/t8?,9-,10-/m0/s1. The number of hydrogen-bond donors (Lipinski definition) is 1. The number of carbonyl (C=O) groups is 1. The summed E-state index contributed by atoms with van der Waals surface area (Å²) in [5, 5.41) is 9.69. The summed E-state index contributed by atoms with van der Waals surface area (Å²) in [6.07, 6.45) is 1.86. The second-order valence-corrected chi connectivity index (χ2v) is 6.56. The molecule has 1 aliphatic heterocycles. The van der Waals surface area contributed by atoms with Gasteiger partial charge in [-0.05, 0) is 12.8 Å². The van der Waals surface area contributed by atoms with Crippen LogP contribution in [0.25, 0.3) is 0 Å². The van der Waals surface area contributed by atoms with Crippen molar-refractivity contribution in [3.05, 3.63) is 0 Å². The van der Waals surface area contributed by atoms with Gasteiger partial charge in [-0.25, -0.2) is 0 Å². The maximum Gasteiger partial charge on any atom is 0.309 e. The Labute approximate surface area is 105 Å². The summed E-state index contributed by atoms with van der Waals surface area (Å²) in [5.41, 5.74) is 0. The molecule has 0 radical (unpaired) electrons. The van der Waals surface area contributed by atoms with Gasteiger partial charge in [0.25, 0.3) is 0 Å². The van der Waals surface area contributed by atoms with Crippen molar-refractivity contribution < 1.29 is 14.6 Å². The molecule has 1 unspecified atom stereocenters. The minimum atomic E-state index is -0.505. The molecule has 0 aliphatic carbocycles. The molecular weight excluding hydrogens is 244 g/mol. The second kappa shape index (κ2) is 7.45. The average Bonchev–Trinajstić information content (AvgIpc) is 2.29. The van der Waals surface area contributed by atoms with Crippen LogP contribution in [0.1, 0.15) is 33.1 Å². The van der Waals surface area contributed by atoms with Crippen molar-refractivity contribution >= 4 is 27.6 Å². The number of ether oxygens (including phenoxy) is 1. The molecule has 1 rings (SSSR count). The fourth-order valence-corrected chi connectivity index (χ4v) is 4.02. The molecule has 0 aromatic rings. The van der Waals surface area contributed by atoms with Crippen LogP contribution in [0.2, 0.25) is 0 Å². The van der Waals surface area contributed by atoms with E-state index in [4.69, 9.17) is 4.74 Å². The molecule has 0 amide bonds. The lowest BCUT2D eigenvalue weighted by Crippen LogP contribution is -2.38. The van der Waals surface area contributed by atoms with Gasteiger partial charge in [-0.1, -0.05) is 41.9 Å². The van der Waals surface area contributed by atoms with E-state index in [1.165, 1.54) is 0 Å². The molecule has 16 heavy (non-hydrogen) atoms. The molecule has 94 valence electrons. The van der Waals surface area contributed by atoms with E-state index in [1.807, 2.05) is 6.92 Å². The van der Waals surface area contributed by atoms with E-state index < -0.39 is 6.10 Å². The fourth-order valence-electron chi connectivity index (χ4n) is 1.65. The first kappa shape index (κ1) is 14.2. The third-order valence-corrected chi connectivity index (χ3v) is 5.14. The maximum atomic E-state index is 11.8. The molecule has 1 saturated heterocycles. The number of hydrogen-bond acceptors (Lipinski definition) is 5. The summed E-state index contributed by atoms with van der Waals surface area (Å²) in [5.74, 6) is 1.20. The Morgan fingerprint density at radius 1 is 1.44 bits per heavy atom. The Bertz CT molecular complexity index is 223. The minimum absolute atomic E-state index is 0.00298. The van der Waals surface area contributed by atoms with Crippen molar-refractivity contribution in [1.82, 2.24) is 0 Å². The van der Waals surface area contributed by atoms with Crippen molar-refractivity contribution in [2.75, 3.05) is 11.5 Å². The summed E-state index contributed by atoms with van der Waals surface area (Å²) >= 11 is 0. The van der Waals surface area contributed by atoms with E-state index in [-0.39, 0.29) is 18.0 Å². The summed E-state index contributed by atoms with van der Waals surface area (Å²) in [6, 6.07) is 0. The van der Waals surface area contributed by atoms with Gasteiger partial charge in [0.15, 0.2) is 0 Å². The molecule has 0 spiro atoms.